The summed E-state index contributed by atoms with van der Waals surface area (Å²) in [6.07, 6.45) is 3.53. The van der Waals surface area contributed by atoms with Crippen LogP contribution in [0.3, 0.4) is 0 Å². The van der Waals surface area contributed by atoms with Gasteiger partial charge in [-0.1, -0.05) is 18.2 Å². The lowest BCUT2D eigenvalue weighted by Gasteiger charge is -2.41. The van der Waals surface area contributed by atoms with Crippen molar-refractivity contribution >= 4 is 30.1 Å². The highest BCUT2D eigenvalue weighted by Gasteiger charge is 2.39. The first-order valence-corrected chi connectivity index (χ1v) is 14.2. The van der Waals surface area contributed by atoms with Crippen LogP contribution in [0, 0.1) is 11.3 Å². The monoisotopic (exact) mass is 586 g/mol. The smallest absolute Gasteiger partial charge is 0.453 e. The Kier molecular flexibility index (Phi) is 9.91. The molecule has 13 heteroatoms. The molecule has 2 aliphatic rings. The summed E-state index contributed by atoms with van der Waals surface area (Å²) in [6.45, 7) is 4.16. The molecule has 0 radical (unpaired) electrons. The Balaban J connectivity index is 1.41. The number of amides is 2. The zero-order valence-corrected chi connectivity index (χ0v) is 23.9. The van der Waals surface area contributed by atoms with Gasteiger partial charge in [-0.25, -0.2) is 13.6 Å². The minimum atomic E-state index is -2.71. The molecule has 3 N–H and O–H groups in total. The molecule has 42 heavy (non-hydrogen) atoms. The first kappa shape index (κ1) is 31.5. The van der Waals surface area contributed by atoms with Gasteiger partial charge in [0.1, 0.15) is 23.8 Å². The van der Waals surface area contributed by atoms with Crippen molar-refractivity contribution in [3.63, 3.8) is 0 Å². The van der Waals surface area contributed by atoms with Crippen molar-refractivity contribution in [3.8, 4) is 6.07 Å². The summed E-state index contributed by atoms with van der Waals surface area (Å²) in [6, 6.07) is 7.87. The van der Waals surface area contributed by atoms with Crippen LogP contribution in [-0.4, -0.2) is 82.7 Å². The van der Waals surface area contributed by atoms with Gasteiger partial charge in [0.15, 0.2) is 0 Å². The van der Waals surface area contributed by atoms with E-state index in [4.69, 9.17) is 9.15 Å². The molecule has 3 heterocycles. The number of nitrogens with one attached hydrogen (secondary N) is 1. The fourth-order valence-corrected chi connectivity index (χ4v) is 5.69. The Hall–Kier alpha value is -3.47. The molecule has 0 spiro atoms. The SMILES string of the molecule is CC(C)(C=C(C#N)C(=O)N1CCCC[C@@H]1COC(=O)N[C@H](CB(O)O)c1coc2ccccc12)N1CCC(F)(F)CC1. The molecular formula is C29H37BF2N4O6. The van der Waals surface area contributed by atoms with Crippen LogP contribution in [0.25, 0.3) is 11.0 Å². The van der Waals surface area contributed by atoms with E-state index in [1.165, 1.54) is 17.2 Å². The van der Waals surface area contributed by atoms with E-state index in [0.717, 1.165) is 12.8 Å². The fourth-order valence-electron chi connectivity index (χ4n) is 5.69. The van der Waals surface area contributed by atoms with Crippen molar-refractivity contribution in [2.75, 3.05) is 26.2 Å². The Labute approximate surface area is 244 Å². The zero-order chi connectivity index (χ0) is 30.5. The quantitative estimate of drug-likeness (QED) is 0.228. The predicted octanol–water partition coefficient (Wildman–Crippen LogP) is 4.01. The van der Waals surface area contributed by atoms with Crippen LogP contribution in [0.5, 0.6) is 0 Å². The minimum absolute atomic E-state index is 0.0856. The van der Waals surface area contributed by atoms with Crippen molar-refractivity contribution in [1.82, 2.24) is 15.1 Å². The van der Waals surface area contributed by atoms with Gasteiger partial charge in [0.25, 0.3) is 11.8 Å². The van der Waals surface area contributed by atoms with Crippen LogP contribution < -0.4 is 5.32 Å². The van der Waals surface area contributed by atoms with Gasteiger partial charge in [-0.05, 0) is 45.3 Å². The molecular weight excluding hydrogens is 549 g/mol. The molecule has 226 valence electrons. The number of carbonyl (C=O) groups excluding carboxylic acids is 2. The van der Waals surface area contributed by atoms with Crippen molar-refractivity contribution in [2.45, 2.75) is 75.8 Å². The summed E-state index contributed by atoms with van der Waals surface area (Å²) in [5.74, 6) is -3.20. The number of carbonyl (C=O) groups is 2. The number of halogens is 2. The van der Waals surface area contributed by atoms with Crippen molar-refractivity contribution in [3.05, 3.63) is 47.7 Å². The van der Waals surface area contributed by atoms with Gasteiger partial charge in [0.05, 0.1) is 18.3 Å². The number of likely N-dealkylation sites (tertiary alicyclic amines) is 2. The maximum absolute atomic E-state index is 13.7. The number of furan rings is 1. The van der Waals surface area contributed by atoms with E-state index < -0.39 is 42.7 Å². The average Bonchev–Trinajstić information content (AvgIpc) is 3.38. The third kappa shape index (κ3) is 7.67. The van der Waals surface area contributed by atoms with Crippen LogP contribution >= 0.6 is 0 Å². The molecule has 2 saturated heterocycles. The Morgan fingerprint density at radius 2 is 1.98 bits per heavy atom. The number of hydrogen-bond donors (Lipinski definition) is 3. The van der Waals surface area contributed by atoms with E-state index in [1.54, 1.807) is 38.1 Å². The molecule has 4 rings (SSSR count). The van der Waals surface area contributed by atoms with Gasteiger partial charge < -0.3 is 29.4 Å². The van der Waals surface area contributed by atoms with Crippen LogP contribution in [0.2, 0.25) is 6.32 Å². The number of piperidine rings is 2. The lowest BCUT2D eigenvalue weighted by Crippen LogP contribution is -2.51. The summed E-state index contributed by atoms with van der Waals surface area (Å²) in [7, 11) is -1.70. The van der Waals surface area contributed by atoms with E-state index in [2.05, 4.69) is 5.32 Å². The Morgan fingerprint density at radius 3 is 2.67 bits per heavy atom. The number of nitrogens with zero attached hydrogens (tertiary/aromatic N) is 3. The van der Waals surface area contributed by atoms with Gasteiger partial charge in [-0.3, -0.25) is 9.69 Å². The number of alkyl carbamates (subject to hydrolysis) is 1. The van der Waals surface area contributed by atoms with Gasteiger partial charge in [0, 0.05) is 55.3 Å². The Morgan fingerprint density at radius 1 is 1.26 bits per heavy atom. The van der Waals surface area contributed by atoms with E-state index in [1.807, 2.05) is 11.0 Å². The van der Waals surface area contributed by atoms with Crippen molar-refractivity contribution in [1.29, 1.82) is 5.26 Å². The molecule has 2 atom stereocenters. The molecule has 2 fully saturated rings. The van der Waals surface area contributed by atoms with E-state index in [-0.39, 0.29) is 44.4 Å². The van der Waals surface area contributed by atoms with Crippen LogP contribution in [0.1, 0.15) is 57.6 Å². The highest BCUT2D eigenvalue weighted by Crippen LogP contribution is 2.33. The predicted molar refractivity (Wildman–Crippen MR) is 151 cm³/mol. The van der Waals surface area contributed by atoms with Gasteiger partial charge >= 0.3 is 13.2 Å². The second kappa shape index (κ2) is 13.2. The molecule has 1 aromatic carbocycles. The molecule has 0 saturated carbocycles. The number of hydrogen-bond acceptors (Lipinski definition) is 8. The van der Waals surface area contributed by atoms with E-state index in [9.17, 15) is 33.7 Å². The first-order chi connectivity index (χ1) is 19.9. The largest absolute Gasteiger partial charge is 0.464 e. The maximum atomic E-state index is 13.7. The normalized spacial score (nSPS) is 20.5. The number of para-hydroxylation sites is 1. The lowest BCUT2D eigenvalue weighted by molar-refractivity contribution is -0.131. The minimum Gasteiger partial charge on any atom is -0.464 e. The van der Waals surface area contributed by atoms with Crippen LogP contribution in [-0.2, 0) is 9.53 Å². The van der Waals surface area contributed by atoms with Gasteiger partial charge in [0.2, 0.25) is 0 Å². The highest BCUT2D eigenvalue weighted by atomic mass is 19.3. The van der Waals surface area contributed by atoms with Crippen LogP contribution in [0.15, 0.2) is 46.6 Å². The average molecular weight is 586 g/mol. The first-order valence-electron chi connectivity index (χ1n) is 14.2. The highest BCUT2D eigenvalue weighted by molar-refractivity contribution is 6.41. The molecule has 0 aliphatic carbocycles. The molecule has 2 aromatic rings. The van der Waals surface area contributed by atoms with E-state index >= 15 is 0 Å². The number of benzene rings is 1. The summed E-state index contributed by atoms with van der Waals surface area (Å²) in [4.78, 5) is 29.7. The number of rotatable bonds is 9. The number of nitriles is 1. The lowest BCUT2D eigenvalue weighted by atomic mass is 9.79. The number of fused-ring (bicyclic) bond motifs is 1. The number of ether oxygens (including phenoxy) is 1. The molecule has 2 amide bonds. The molecule has 0 unspecified atom stereocenters. The maximum Gasteiger partial charge on any atom is 0.453 e. The van der Waals surface area contributed by atoms with Crippen molar-refractivity contribution in [2.24, 2.45) is 0 Å². The third-order valence-corrected chi connectivity index (χ3v) is 8.08. The fraction of sp³-hybridized carbons (Fsp3) is 0.552. The molecule has 0 bridgehead atoms. The van der Waals surface area contributed by atoms with Gasteiger partial charge in [-0.15, -0.1) is 0 Å². The summed E-state index contributed by atoms with van der Waals surface area (Å²) >= 11 is 0. The topological polar surface area (TPSA) is 139 Å². The molecule has 1 aromatic heterocycles. The zero-order valence-electron chi connectivity index (χ0n) is 23.9. The van der Waals surface area contributed by atoms with Crippen LogP contribution in [0.4, 0.5) is 13.6 Å². The summed E-state index contributed by atoms with van der Waals surface area (Å²) in [5.41, 5.74) is 0.272. The molecule has 2 aliphatic heterocycles. The third-order valence-electron chi connectivity index (χ3n) is 8.08. The second-order valence-electron chi connectivity index (χ2n) is 11.5. The number of alkyl halides is 2. The Bertz CT molecular complexity index is 1330. The summed E-state index contributed by atoms with van der Waals surface area (Å²) in [5, 5.41) is 32.5. The summed E-state index contributed by atoms with van der Waals surface area (Å²) < 4.78 is 38.4. The molecule has 10 nitrogen and oxygen atoms in total. The van der Waals surface area contributed by atoms with Crippen molar-refractivity contribution < 1.29 is 37.6 Å². The standard InChI is InChI=1S/C29H37BF2N4O6/c1-28(2,35-13-10-29(31,32)11-14-35)15-20(17-33)26(37)36-12-6-5-7-21(36)18-42-27(38)34-24(16-30(39)40)23-19-41-25-9-4-3-8-22(23)25/h3-4,8-9,15,19,21,24,39-40H,5-7,10-14,16,18H2,1-2H3,(H,34,38)/t21-,24-/m1/s1. The second-order valence-corrected chi connectivity index (χ2v) is 11.5. The van der Waals surface area contributed by atoms with E-state index in [0.29, 0.717) is 29.5 Å². The van der Waals surface area contributed by atoms with Gasteiger partial charge in [-0.2, -0.15) is 5.26 Å².